The Balaban J connectivity index is 2.46. The van der Waals surface area contributed by atoms with Gasteiger partial charge >= 0.3 is 0 Å². The van der Waals surface area contributed by atoms with E-state index in [0.29, 0.717) is 10.2 Å². The number of aliphatic hydroxyl groups is 1. The first kappa shape index (κ1) is 15.3. The van der Waals surface area contributed by atoms with Gasteiger partial charge in [-0.25, -0.2) is 8.42 Å². The van der Waals surface area contributed by atoms with Crippen LogP contribution >= 0.6 is 27.5 Å². The van der Waals surface area contributed by atoms with E-state index < -0.39 is 16.6 Å². The first-order chi connectivity index (χ1) is 9.35. The quantitative estimate of drug-likeness (QED) is 0.759. The zero-order chi connectivity index (χ0) is 14.9. The summed E-state index contributed by atoms with van der Waals surface area (Å²) in [5.41, 5.74) is 0.638. The van der Waals surface area contributed by atoms with Crippen molar-refractivity contribution >= 4 is 43.2 Å². The van der Waals surface area contributed by atoms with Crippen LogP contribution in [0.3, 0.4) is 0 Å². The van der Waals surface area contributed by atoms with Crippen molar-refractivity contribution in [2.24, 2.45) is 0 Å². The Morgan fingerprint density at radius 3 is 2.85 bits per heavy atom. The lowest BCUT2D eigenvalue weighted by Gasteiger charge is -2.10. The molecule has 2 aromatic rings. The molecule has 0 aliphatic rings. The SMILES string of the molecule is Cc1[nH]nc(CO)c1S(=O)(=O)Nc1cc(Br)ccc1Cl. The van der Waals surface area contributed by atoms with Gasteiger partial charge in [-0.2, -0.15) is 5.10 Å². The molecular formula is C11H11BrClN3O3S. The average Bonchev–Trinajstić information content (AvgIpc) is 2.75. The van der Waals surface area contributed by atoms with Crippen LogP contribution in [0.15, 0.2) is 27.6 Å². The first-order valence-corrected chi connectivity index (χ1v) is 8.13. The highest BCUT2D eigenvalue weighted by atomic mass is 79.9. The van der Waals surface area contributed by atoms with Gasteiger partial charge in [-0.1, -0.05) is 27.5 Å². The van der Waals surface area contributed by atoms with E-state index >= 15 is 0 Å². The minimum Gasteiger partial charge on any atom is -0.390 e. The fourth-order valence-electron chi connectivity index (χ4n) is 1.70. The number of benzene rings is 1. The number of aromatic amines is 1. The minimum atomic E-state index is -3.89. The van der Waals surface area contributed by atoms with Crippen molar-refractivity contribution in [3.8, 4) is 0 Å². The van der Waals surface area contributed by atoms with Gasteiger partial charge in [0.05, 0.1) is 23.0 Å². The average molecular weight is 381 g/mol. The molecule has 108 valence electrons. The Morgan fingerprint density at radius 1 is 1.50 bits per heavy atom. The van der Waals surface area contributed by atoms with E-state index in [9.17, 15) is 8.42 Å². The second-order valence-corrected chi connectivity index (χ2v) is 6.95. The van der Waals surface area contributed by atoms with Gasteiger partial charge in [0, 0.05) is 4.47 Å². The van der Waals surface area contributed by atoms with Crippen LogP contribution in [0.4, 0.5) is 5.69 Å². The highest BCUT2D eigenvalue weighted by molar-refractivity contribution is 9.10. The molecule has 1 aromatic heterocycles. The maximum Gasteiger partial charge on any atom is 0.265 e. The van der Waals surface area contributed by atoms with Crippen LogP contribution in [-0.4, -0.2) is 23.7 Å². The molecule has 0 amide bonds. The van der Waals surface area contributed by atoms with Gasteiger partial charge < -0.3 is 5.11 Å². The van der Waals surface area contributed by atoms with Crippen LogP contribution in [0.5, 0.6) is 0 Å². The molecule has 3 N–H and O–H groups in total. The number of H-pyrrole nitrogens is 1. The van der Waals surface area contributed by atoms with E-state index in [0.717, 1.165) is 0 Å². The number of aryl methyl sites for hydroxylation is 1. The van der Waals surface area contributed by atoms with Crippen molar-refractivity contribution < 1.29 is 13.5 Å². The standard InChI is InChI=1S/C11H11BrClN3O3S/c1-6-11(10(5-17)15-14-6)20(18,19)16-9-4-7(12)2-3-8(9)13/h2-4,16-17H,5H2,1H3,(H,14,15). The zero-order valence-corrected chi connectivity index (χ0v) is 13.5. The molecule has 0 atom stereocenters. The summed E-state index contributed by atoms with van der Waals surface area (Å²) in [4.78, 5) is -0.0731. The molecule has 0 saturated carbocycles. The molecule has 0 spiro atoms. The van der Waals surface area contributed by atoms with Crippen LogP contribution in [0.25, 0.3) is 0 Å². The van der Waals surface area contributed by atoms with Crippen molar-refractivity contribution in [3.63, 3.8) is 0 Å². The maximum atomic E-state index is 12.4. The lowest BCUT2D eigenvalue weighted by Crippen LogP contribution is -2.15. The van der Waals surface area contributed by atoms with E-state index in [1.54, 1.807) is 25.1 Å². The Bertz CT molecular complexity index is 745. The summed E-state index contributed by atoms with van der Waals surface area (Å²) in [7, 11) is -3.89. The van der Waals surface area contributed by atoms with Gasteiger partial charge in [-0.3, -0.25) is 9.82 Å². The lowest BCUT2D eigenvalue weighted by atomic mass is 10.3. The molecule has 1 aromatic carbocycles. The molecule has 2 rings (SSSR count). The van der Waals surface area contributed by atoms with Gasteiger partial charge in [0.15, 0.2) is 0 Å². The highest BCUT2D eigenvalue weighted by Gasteiger charge is 2.24. The molecular weight excluding hydrogens is 370 g/mol. The van der Waals surface area contributed by atoms with Crippen molar-refractivity contribution in [1.82, 2.24) is 10.2 Å². The van der Waals surface area contributed by atoms with Crippen LogP contribution in [0.2, 0.25) is 5.02 Å². The summed E-state index contributed by atoms with van der Waals surface area (Å²) in [5.74, 6) is 0. The number of aliphatic hydroxyl groups excluding tert-OH is 1. The number of nitrogens with zero attached hydrogens (tertiary/aromatic N) is 1. The van der Waals surface area contributed by atoms with E-state index in [-0.39, 0.29) is 21.3 Å². The summed E-state index contributed by atoms with van der Waals surface area (Å²) in [6, 6.07) is 4.81. The summed E-state index contributed by atoms with van der Waals surface area (Å²) in [6.07, 6.45) is 0. The molecule has 0 bridgehead atoms. The summed E-state index contributed by atoms with van der Waals surface area (Å²) >= 11 is 9.20. The third kappa shape index (κ3) is 2.98. The summed E-state index contributed by atoms with van der Waals surface area (Å²) < 4.78 is 27.8. The molecule has 0 radical (unpaired) electrons. The Kier molecular flexibility index (Phi) is 4.38. The fourth-order valence-corrected chi connectivity index (χ4v) is 3.72. The van der Waals surface area contributed by atoms with E-state index in [1.165, 1.54) is 0 Å². The maximum absolute atomic E-state index is 12.4. The molecule has 20 heavy (non-hydrogen) atoms. The number of aromatic nitrogens is 2. The Morgan fingerprint density at radius 2 is 2.20 bits per heavy atom. The number of halogens is 2. The van der Waals surface area contributed by atoms with Crippen molar-refractivity contribution in [2.45, 2.75) is 18.4 Å². The van der Waals surface area contributed by atoms with Gasteiger partial charge in [0.25, 0.3) is 10.0 Å². The predicted molar refractivity (Wildman–Crippen MR) is 79.2 cm³/mol. The number of rotatable bonds is 4. The van der Waals surface area contributed by atoms with Gasteiger partial charge in [0.2, 0.25) is 0 Å². The van der Waals surface area contributed by atoms with Crippen LogP contribution < -0.4 is 4.72 Å². The molecule has 0 aliphatic heterocycles. The number of sulfonamides is 1. The second-order valence-electron chi connectivity index (χ2n) is 4.01. The van der Waals surface area contributed by atoms with Crippen molar-refractivity contribution in [1.29, 1.82) is 0 Å². The predicted octanol–water partition coefficient (Wildman–Crippen LogP) is 2.43. The highest BCUT2D eigenvalue weighted by Crippen LogP contribution is 2.29. The smallest absolute Gasteiger partial charge is 0.265 e. The van der Waals surface area contributed by atoms with Crippen LogP contribution in [0, 0.1) is 6.92 Å². The molecule has 0 fully saturated rings. The summed E-state index contributed by atoms with van der Waals surface area (Å²) in [5, 5.41) is 15.7. The largest absolute Gasteiger partial charge is 0.390 e. The molecule has 9 heteroatoms. The van der Waals surface area contributed by atoms with E-state index in [2.05, 4.69) is 30.8 Å². The van der Waals surface area contributed by atoms with Gasteiger partial charge in [0.1, 0.15) is 10.6 Å². The summed E-state index contributed by atoms with van der Waals surface area (Å²) in [6.45, 7) is 1.08. The molecule has 0 unspecified atom stereocenters. The second kappa shape index (κ2) is 5.72. The monoisotopic (exact) mass is 379 g/mol. The lowest BCUT2D eigenvalue weighted by molar-refractivity contribution is 0.273. The topological polar surface area (TPSA) is 95.1 Å². The number of nitrogens with one attached hydrogen (secondary N) is 2. The number of hydrogen-bond acceptors (Lipinski definition) is 4. The number of hydrogen-bond donors (Lipinski definition) is 3. The zero-order valence-electron chi connectivity index (χ0n) is 10.3. The third-order valence-corrected chi connectivity index (χ3v) is 4.94. The van der Waals surface area contributed by atoms with E-state index in [1.807, 2.05) is 0 Å². The van der Waals surface area contributed by atoms with Crippen LogP contribution in [0.1, 0.15) is 11.4 Å². The number of anilines is 1. The molecule has 0 aliphatic carbocycles. The third-order valence-electron chi connectivity index (χ3n) is 2.55. The molecule has 6 nitrogen and oxygen atoms in total. The van der Waals surface area contributed by atoms with Gasteiger partial charge in [-0.15, -0.1) is 0 Å². The molecule has 0 saturated heterocycles. The molecule has 1 heterocycles. The van der Waals surface area contributed by atoms with Crippen molar-refractivity contribution in [3.05, 3.63) is 39.1 Å². The van der Waals surface area contributed by atoms with Crippen LogP contribution in [-0.2, 0) is 16.6 Å². The minimum absolute atomic E-state index is 0.0566. The van der Waals surface area contributed by atoms with Gasteiger partial charge in [-0.05, 0) is 25.1 Å². The van der Waals surface area contributed by atoms with Crippen molar-refractivity contribution in [2.75, 3.05) is 4.72 Å². The Hall–Kier alpha value is -1.09. The fraction of sp³-hybridized carbons (Fsp3) is 0.182. The first-order valence-electron chi connectivity index (χ1n) is 5.47. The normalized spacial score (nSPS) is 11.6. The van der Waals surface area contributed by atoms with E-state index in [4.69, 9.17) is 16.7 Å². The Labute approximate surface area is 129 Å².